The van der Waals surface area contributed by atoms with Crippen LogP contribution >= 0.6 is 11.3 Å². The maximum atomic E-state index is 12.8. The smallest absolute Gasteiger partial charge is 0.255 e. The number of amides is 2. The predicted octanol–water partition coefficient (Wildman–Crippen LogP) is 3.79. The third-order valence-electron chi connectivity index (χ3n) is 5.14. The van der Waals surface area contributed by atoms with Crippen molar-refractivity contribution < 1.29 is 14.3 Å². The third-order valence-corrected chi connectivity index (χ3v) is 6.28. The first kappa shape index (κ1) is 19.4. The summed E-state index contributed by atoms with van der Waals surface area (Å²) in [6, 6.07) is 15.1. The van der Waals surface area contributed by atoms with Crippen molar-refractivity contribution in [2.45, 2.75) is 25.3 Å². The average molecular weight is 410 g/mol. The van der Waals surface area contributed by atoms with Crippen molar-refractivity contribution in [3.05, 3.63) is 59.1 Å². The van der Waals surface area contributed by atoms with Crippen molar-refractivity contribution in [1.82, 2.24) is 15.2 Å². The highest BCUT2D eigenvalue weighted by Crippen LogP contribution is 2.36. The molecule has 7 heteroatoms. The van der Waals surface area contributed by atoms with E-state index >= 15 is 0 Å². The van der Waals surface area contributed by atoms with Gasteiger partial charge in [0.25, 0.3) is 5.91 Å². The number of para-hydroxylation sites is 2. The fraction of sp³-hybridized carbons (Fsp3) is 0.318. The monoisotopic (exact) mass is 409 g/mol. The van der Waals surface area contributed by atoms with E-state index in [1.54, 1.807) is 29.5 Å². The first-order valence-corrected chi connectivity index (χ1v) is 10.5. The Morgan fingerprint density at radius 3 is 2.83 bits per heavy atom. The zero-order chi connectivity index (χ0) is 20.2. The van der Waals surface area contributed by atoms with E-state index in [9.17, 15) is 9.59 Å². The Labute approximate surface area is 173 Å². The number of nitrogens with zero attached hydrogens (tertiary/aromatic N) is 2. The van der Waals surface area contributed by atoms with Gasteiger partial charge in [0.05, 0.1) is 28.9 Å². The topological polar surface area (TPSA) is 71.5 Å². The number of benzene rings is 2. The second kappa shape index (κ2) is 8.61. The van der Waals surface area contributed by atoms with Crippen LogP contribution in [-0.2, 0) is 4.79 Å². The third kappa shape index (κ3) is 4.10. The molecule has 2 heterocycles. The van der Waals surface area contributed by atoms with E-state index in [0.29, 0.717) is 17.9 Å². The number of carbonyl (C=O) groups excluding carboxylic acids is 2. The van der Waals surface area contributed by atoms with Crippen molar-refractivity contribution >= 4 is 33.4 Å². The Morgan fingerprint density at radius 1 is 1.21 bits per heavy atom. The SMILES string of the molecule is COc1ccccc1C(=O)NCCC(=O)N1CCCC1c1nc2ccccc2s1. The summed E-state index contributed by atoms with van der Waals surface area (Å²) in [5.74, 6) is 0.332. The molecule has 3 aromatic rings. The Kier molecular flexibility index (Phi) is 5.76. The van der Waals surface area contributed by atoms with Gasteiger partial charge in [0.2, 0.25) is 5.91 Å². The molecule has 1 saturated heterocycles. The van der Waals surface area contributed by atoms with Gasteiger partial charge in [-0.25, -0.2) is 4.98 Å². The summed E-state index contributed by atoms with van der Waals surface area (Å²) < 4.78 is 6.37. The second-order valence-electron chi connectivity index (χ2n) is 6.97. The molecule has 0 saturated carbocycles. The fourth-order valence-corrected chi connectivity index (χ4v) is 4.82. The van der Waals surface area contributed by atoms with Gasteiger partial charge in [-0.15, -0.1) is 11.3 Å². The molecule has 2 aromatic carbocycles. The number of likely N-dealkylation sites (tertiary alicyclic amines) is 1. The standard InChI is InChI=1S/C22H23N3O3S/c1-28-18-10-4-2-7-15(18)21(27)23-13-12-20(26)25-14-6-9-17(25)22-24-16-8-3-5-11-19(16)29-22/h2-5,7-8,10-11,17H,6,9,12-14H2,1H3,(H,23,27). The Bertz CT molecular complexity index is 1000. The van der Waals surface area contributed by atoms with Gasteiger partial charge in [-0.05, 0) is 37.1 Å². The van der Waals surface area contributed by atoms with E-state index in [4.69, 9.17) is 9.72 Å². The number of rotatable bonds is 6. The van der Waals surface area contributed by atoms with Crippen molar-refractivity contribution in [3.8, 4) is 5.75 Å². The molecular formula is C22H23N3O3S. The molecule has 2 amide bonds. The maximum Gasteiger partial charge on any atom is 0.255 e. The normalized spacial score (nSPS) is 16.2. The molecule has 1 atom stereocenters. The molecular weight excluding hydrogens is 386 g/mol. The number of carbonyl (C=O) groups is 2. The molecule has 4 rings (SSSR count). The Morgan fingerprint density at radius 2 is 2.00 bits per heavy atom. The van der Waals surface area contributed by atoms with Crippen LogP contribution in [0.3, 0.4) is 0 Å². The number of hydrogen-bond donors (Lipinski definition) is 1. The van der Waals surface area contributed by atoms with Crippen molar-refractivity contribution in [3.63, 3.8) is 0 Å². The second-order valence-corrected chi connectivity index (χ2v) is 8.03. The molecule has 1 aromatic heterocycles. The average Bonchev–Trinajstić information content (AvgIpc) is 3.40. The summed E-state index contributed by atoms with van der Waals surface area (Å²) in [7, 11) is 1.53. The summed E-state index contributed by atoms with van der Waals surface area (Å²) in [5, 5.41) is 3.82. The van der Waals surface area contributed by atoms with E-state index in [1.807, 2.05) is 29.2 Å². The van der Waals surface area contributed by atoms with Gasteiger partial charge in [0.1, 0.15) is 10.8 Å². The number of nitrogens with one attached hydrogen (secondary N) is 1. The lowest BCUT2D eigenvalue weighted by Gasteiger charge is -2.23. The van der Waals surface area contributed by atoms with E-state index in [-0.39, 0.29) is 24.3 Å². The highest BCUT2D eigenvalue weighted by Gasteiger charge is 2.31. The van der Waals surface area contributed by atoms with E-state index < -0.39 is 0 Å². The van der Waals surface area contributed by atoms with E-state index in [2.05, 4.69) is 11.4 Å². The van der Waals surface area contributed by atoms with E-state index in [1.165, 1.54) is 7.11 Å². The highest BCUT2D eigenvalue weighted by molar-refractivity contribution is 7.18. The largest absolute Gasteiger partial charge is 0.496 e. The highest BCUT2D eigenvalue weighted by atomic mass is 32.1. The van der Waals surface area contributed by atoms with Crippen LogP contribution in [0.15, 0.2) is 48.5 Å². The summed E-state index contributed by atoms with van der Waals surface area (Å²) in [5.41, 5.74) is 1.45. The number of fused-ring (bicyclic) bond motifs is 1. The molecule has 0 spiro atoms. The first-order valence-electron chi connectivity index (χ1n) is 9.73. The summed E-state index contributed by atoms with van der Waals surface area (Å²) in [4.78, 5) is 31.8. The van der Waals surface area contributed by atoms with Crippen LogP contribution in [0.4, 0.5) is 0 Å². The predicted molar refractivity (Wildman–Crippen MR) is 113 cm³/mol. The van der Waals surface area contributed by atoms with Crippen molar-refractivity contribution in [2.24, 2.45) is 0 Å². The minimum Gasteiger partial charge on any atom is -0.496 e. The van der Waals surface area contributed by atoms with Crippen LogP contribution in [-0.4, -0.2) is 41.9 Å². The van der Waals surface area contributed by atoms with Gasteiger partial charge in [0.15, 0.2) is 0 Å². The minimum atomic E-state index is -0.237. The van der Waals surface area contributed by atoms with Crippen LogP contribution in [0, 0.1) is 0 Å². The molecule has 1 aliphatic rings. The molecule has 1 fully saturated rings. The Balaban J connectivity index is 1.37. The first-order chi connectivity index (χ1) is 14.2. The number of thiazole rings is 1. The van der Waals surface area contributed by atoms with Crippen molar-refractivity contribution in [1.29, 1.82) is 0 Å². The summed E-state index contributed by atoms with van der Waals surface area (Å²) in [6.07, 6.45) is 2.17. The summed E-state index contributed by atoms with van der Waals surface area (Å²) in [6.45, 7) is 1.03. The van der Waals surface area contributed by atoms with Gasteiger partial charge in [-0.1, -0.05) is 24.3 Å². The number of ether oxygens (including phenoxy) is 1. The molecule has 150 valence electrons. The van der Waals surface area contributed by atoms with Crippen LogP contribution in [0.5, 0.6) is 5.75 Å². The van der Waals surface area contributed by atoms with Crippen LogP contribution in [0.1, 0.15) is 40.7 Å². The van der Waals surface area contributed by atoms with E-state index in [0.717, 1.165) is 34.6 Å². The van der Waals surface area contributed by atoms with Gasteiger partial charge in [0, 0.05) is 19.5 Å². The molecule has 1 unspecified atom stereocenters. The lowest BCUT2D eigenvalue weighted by atomic mass is 10.2. The molecule has 29 heavy (non-hydrogen) atoms. The van der Waals surface area contributed by atoms with Crippen molar-refractivity contribution in [2.75, 3.05) is 20.2 Å². The minimum absolute atomic E-state index is 0.0322. The quantitative estimate of drug-likeness (QED) is 0.672. The fourth-order valence-electron chi connectivity index (χ4n) is 3.71. The maximum absolute atomic E-state index is 12.8. The summed E-state index contributed by atoms with van der Waals surface area (Å²) >= 11 is 1.66. The molecule has 1 N–H and O–H groups in total. The molecule has 6 nitrogen and oxygen atoms in total. The number of aromatic nitrogens is 1. The van der Waals surface area contributed by atoms with Crippen LogP contribution in [0.25, 0.3) is 10.2 Å². The molecule has 1 aliphatic heterocycles. The van der Waals surface area contributed by atoms with Crippen LogP contribution in [0.2, 0.25) is 0 Å². The number of hydrogen-bond acceptors (Lipinski definition) is 5. The number of methoxy groups -OCH3 is 1. The zero-order valence-corrected chi connectivity index (χ0v) is 17.1. The van der Waals surface area contributed by atoms with Gasteiger partial charge in [-0.2, -0.15) is 0 Å². The van der Waals surface area contributed by atoms with Gasteiger partial charge in [-0.3, -0.25) is 9.59 Å². The van der Waals surface area contributed by atoms with Crippen LogP contribution < -0.4 is 10.1 Å². The lowest BCUT2D eigenvalue weighted by molar-refractivity contribution is -0.132. The zero-order valence-electron chi connectivity index (χ0n) is 16.3. The lowest BCUT2D eigenvalue weighted by Crippen LogP contribution is -2.34. The van der Waals surface area contributed by atoms with Gasteiger partial charge >= 0.3 is 0 Å². The molecule has 0 radical (unpaired) electrons. The Hall–Kier alpha value is -2.93. The van der Waals surface area contributed by atoms with Gasteiger partial charge < -0.3 is 15.0 Å². The molecule has 0 bridgehead atoms. The molecule has 0 aliphatic carbocycles.